The number of nitrogens with two attached hydrogens (primary N) is 1. The quantitative estimate of drug-likeness (QED) is 0.330. The summed E-state index contributed by atoms with van der Waals surface area (Å²) < 4.78 is 38.3. The summed E-state index contributed by atoms with van der Waals surface area (Å²) in [4.78, 5) is 45.3. The van der Waals surface area contributed by atoms with Gasteiger partial charge in [0.2, 0.25) is 18.2 Å². The Kier molecular flexibility index (Phi) is 12.3. The Bertz CT molecular complexity index is 1070. The number of nitrogens with one attached hydrogen (secondary N) is 2. The van der Waals surface area contributed by atoms with Crippen molar-refractivity contribution in [3.63, 3.8) is 0 Å². The van der Waals surface area contributed by atoms with Crippen LogP contribution in [0.1, 0.15) is 93.4 Å². The smallest absolute Gasteiger partial charge is 0.371 e. The molecule has 0 aromatic heterocycles. The molecule has 2 saturated heterocycles. The van der Waals surface area contributed by atoms with Crippen molar-refractivity contribution in [1.82, 2.24) is 15.5 Å². The highest BCUT2D eigenvalue weighted by atomic mass is 19.4. The second-order valence-corrected chi connectivity index (χ2v) is 13.6. The summed E-state index contributed by atoms with van der Waals surface area (Å²) in [7, 11) is 0. The molecule has 5 rings (SSSR count). The predicted molar refractivity (Wildman–Crippen MR) is 157 cm³/mol. The number of alkyl halides is 3. The highest BCUT2D eigenvalue weighted by molar-refractivity contribution is 5.82. The lowest BCUT2D eigenvalue weighted by molar-refractivity contribution is -0.169. The molecule has 4 amide bonds. The van der Waals surface area contributed by atoms with Gasteiger partial charge in [-0.1, -0.05) is 27.7 Å². The summed E-state index contributed by atoms with van der Waals surface area (Å²) in [5.41, 5.74) is 4.28. The maximum Gasteiger partial charge on any atom is 0.470 e. The molecule has 44 heavy (non-hydrogen) atoms. The first-order valence-electron chi connectivity index (χ1n) is 15.6. The standard InChI is InChI=1S/C17H27NO2.C10H15N3O2.C2H2F3NO.C2H6/c1-11(20-17(6-7-17)12-4-5-12)8-15(19)18-9-13-14(10-18)16(13,2)3;1-10(2)4-7(9(15)13-10)3-8(5-11)12-6-14;3-2(4,5)1(6)7;1-2/h11-14H,4-10H2,1-3H3;6-8H,3-4H2,1-2H3,(H,12,14)(H,13,15);(H2,6,7);1-2H3/t11-,13?,14?;;;/m1.../s1. The van der Waals surface area contributed by atoms with Crippen LogP contribution >= 0.6 is 0 Å². The van der Waals surface area contributed by atoms with Gasteiger partial charge in [-0.2, -0.15) is 18.4 Å². The van der Waals surface area contributed by atoms with Crippen molar-refractivity contribution < 1.29 is 37.1 Å². The lowest BCUT2D eigenvalue weighted by Gasteiger charge is -2.26. The highest BCUT2D eigenvalue weighted by Crippen LogP contribution is 2.62. The summed E-state index contributed by atoms with van der Waals surface area (Å²) in [6.45, 7) is 16.6. The maximum atomic E-state index is 12.4. The molecule has 3 aliphatic carbocycles. The number of primary amides is 1. The fourth-order valence-electron chi connectivity index (χ4n) is 6.42. The summed E-state index contributed by atoms with van der Waals surface area (Å²) in [5.74, 6) is 0.151. The third-order valence-corrected chi connectivity index (χ3v) is 9.25. The second kappa shape index (κ2) is 14.5. The number of nitrogens with zero attached hydrogens (tertiary/aromatic N) is 2. The van der Waals surface area contributed by atoms with Gasteiger partial charge in [0.15, 0.2) is 0 Å². The van der Waals surface area contributed by atoms with Gasteiger partial charge in [0.1, 0.15) is 6.04 Å². The summed E-state index contributed by atoms with van der Waals surface area (Å²) in [6, 6.07) is 1.38. The van der Waals surface area contributed by atoms with Gasteiger partial charge >= 0.3 is 12.1 Å². The predicted octanol–water partition coefficient (Wildman–Crippen LogP) is 3.83. The number of likely N-dealkylation sites (tertiary alicyclic amines) is 1. The van der Waals surface area contributed by atoms with E-state index in [0.717, 1.165) is 30.8 Å². The molecule has 0 aromatic rings. The Morgan fingerprint density at radius 2 is 1.70 bits per heavy atom. The number of amides is 4. The molecule has 0 radical (unpaired) electrons. The van der Waals surface area contributed by atoms with E-state index in [-0.39, 0.29) is 29.1 Å². The van der Waals surface area contributed by atoms with E-state index in [4.69, 9.17) is 14.8 Å². The average molecular weight is 630 g/mol. The van der Waals surface area contributed by atoms with E-state index >= 15 is 0 Å². The van der Waals surface area contributed by atoms with E-state index in [1.807, 2.05) is 33.8 Å². The van der Waals surface area contributed by atoms with Crippen LogP contribution in [0.25, 0.3) is 0 Å². The van der Waals surface area contributed by atoms with Crippen LogP contribution in [0.3, 0.4) is 0 Å². The maximum absolute atomic E-state index is 12.4. The van der Waals surface area contributed by atoms with Crippen LogP contribution in [-0.2, 0) is 23.9 Å². The number of halogens is 3. The van der Waals surface area contributed by atoms with Gasteiger partial charge in [0, 0.05) is 24.5 Å². The normalized spacial score (nSPS) is 27.5. The Morgan fingerprint density at radius 1 is 1.18 bits per heavy atom. The van der Waals surface area contributed by atoms with Crippen molar-refractivity contribution in [2.24, 2.45) is 34.8 Å². The molecule has 5 aliphatic rings. The molecule has 4 N–H and O–H groups in total. The van der Waals surface area contributed by atoms with E-state index in [9.17, 15) is 27.6 Å². The van der Waals surface area contributed by atoms with Crippen molar-refractivity contribution in [2.75, 3.05) is 13.1 Å². The monoisotopic (exact) mass is 629 g/mol. The molecule has 0 bridgehead atoms. The average Bonchev–Trinajstić information content (AvgIpc) is 3.87. The number of piperidine rings is 1. The summed E-state index contributed by atoms with van der Waals surface area (Å²) >= 11 is 0. The Morgan fingerprint density at radius 3 is 2.07 bits per heavy atom. The Balaban J connectivity index is 0.000000249. The molecule has 0 spiro atoms. The number of nitriles is 1. The first-order valence-corrected chi connectivity index (χ1v) is 15.6. The zero-order valence-electron chi connectivity index (χ0n) is 27.1. The van der Waals surface area contributed by atoms with Crippen molar-refractivity contribution in [2.45, 2.75) is 123 Å². The summed E-state index contributed by atoms with van der Waals surface area (Å²) in [5, 5.41) is 14.0. The van der Waals surface area contributed by atoms with E-state index in [1.54, 1.807) is 0 Å². The molecule has 5 atom stereocenters. The van der Waals surface area contributed by atoms with E-state index in [1.165, 1.54) is 25.7 Å². The van der Waals surface area contributed by atoms with E-state index in [2.05, 4.69) is 42.0 Å². The lowest BCUT2D eigenvalue weighted by Crippen LogP contribution is -2.36. The fourth-order valence-corrected chi connectivity index (χ4v) is 6.42. The minimum Gasteiger partial charge on any atom is -0.371 e. The van der Waals surface area contributed by atoms with Crippen LogP contribution in [0, 0.1) is 40.4 Å². The fraction of sp³-hybridized carbons (Fsp3) is 0.839. The third-order valence-electron chi connectivity index (χ3n) is 9.25. The SMILES string of the molecule is CC.CC1(C)CC(CC(C#N)NC=O)C(=O)N1.C[C@H](CC(=O)N1CC2C(C1)C2(C)C)OC1(C2CC2)CC1.NC(=O)C(F)(F)F. The van der Waals surface area contributed by atoms with Gasteiger partial charge in [-0.3, -0.25) is 19.2 Å². The number of carbonyl (C=O) groups excluding carboxylic acids is 4. The number of rotatable bonds is 9. The molecule has 2 heterocycles. The van der Waals surface area contributed by atoms with Crippen molar-refractivity contribution >= 4 is 24.1 Å². The minimum atomic E-state index is -4.86. The third kappa shape index (κ3) is 10.1. The molecular weight excluding hydrogens is 579 g/mol. The van der Waals surface area contributed by atoms with Crippen LogP contribution < -0.4 is 16.4 Å². The largest absolute Gasteiger partial charge is 0.470 e. The van der Waals surface area contributed by atoms with Gasteiger partial charge in [-0.15, -0.1) is 0 Å². The number of carbonyl (C=O) groups is 4. The molecule has 13 heteroatoms. The van der Waals surface area contributed by atoms with Gasteiger partial charge in [0.25, 0.3) is 0 Å². The van der Waals surface area contributed by atoms with Crippen molar-refractivity contribution in [3.8, 4) is 6.07 Å². The van der Waals surface area contributed by atoms with Crippen LogP contribution in [-0.4, -0.2) is 71.6 Å². The van der Waals surface area contributed by atoms with Crippen LogP contribution in [0.15, 0.2) is 0 Å². The first kappa shape index (κ1) is 37.3. The topological polar surface area (TPSA) is 155 Å². The number of fused-ring (bicyclic) bond motifs is 1. The zero-order valence-corrected chi connectivity index (χ0v) is 27.1. The summed E-state index contributed by atoms with van der Waals surface area (Å²) in [6.07, 6.45) is 2.50. The second-order valence-electron chi connectivity index (χ2n) is 13.6. The molecule has 2 aliphatic heterocycles. The van der Waals surface area contributed by atoms with Gasteiger partial charge in [0.05, 0.1) is 24.2 Å². The lowest BCUT2D eigenvalue weighted by atomic mass is 9.92. The highest BCUT2D eigenvalue weighted by Gasteiger charge is 2.62. The van der Waals surface area contributed by atoms with Crippen molar-refractivity contribution in [1.29, 1.82) is 5.26 Å². The number of hydrogen-bond donors (Lipinski definition) is 3. The van der Waals surface area contributed by atoms with Crippen LogP contribution in [0.5, 0.6) is 0 Å². The minimum absolute atomic E-state index is 0.0343. The molecule has 10 nitrogen and oxygen atoms in total. The van der Waals surface area contributed by atoms with Crippen molar-refractivity contribution in [3.05, 3.63) is 0 Å². The van der Waals surface area contributed by atoms with Crippen LogP contribution in [0.4, 0.5) is 13.2 Å². The molecule has 3 saturated carbocycles. The molecule has 5 fully saturated rings. The molecule has 250 valence electrons. The Hall–Kier alpha value is -2.88. The zero-order chi connectivity index (χ0) is 33.7. The number of hydrogen-bond acceptors (Lipinski definition) is 6. The molecular formula is C31H50F3N5O5. The molecule has 4 unspecified atom stereocenters. The first-order chi connectivity index (χ1) is 20.3. The van der Waals surface area contributed by atoms with E-state index < -0.39 is 18.1 Å². The Labute approximate surface area is 259 Å². The van der Waals surface area contributed by atoms with Gasteiger partial charge < -0.3 is 26.0 Å². The molecule has 0 aromatic carbocycles. The van der Waals surface area contributed by atoms with Gasteiger partial charge in [-0.25, -0.2) is 0 Å². The van der Waals surface area contributed by atoms with E-state index in [0.29, 0.717) is 37.0 Å². The van der Waals surface area contributed by atoms with Gasteiger partial charge in [-0.05, 0) is 82.5 Å². The number of ether oxygens (including phenoxy) is 1. The van der Waals surface area contributed by atoms with Crippen LogP contribution in [0.2, 0.25) is 0 Å².